The molecule has 2 aliphatic heterocycles. The first-order chi connectivity index (χ1) is 8.65. The van der Waals surface area contributed by atoms with E-state index in [4.69, 9.17) is 4.98 Å². The maximum atomic E-state index is 4.93. The van der Waals surface area contributed by atoms with E-state index in [1.807, 2.05) is 11.3 Å². The Hall–Kier alpha value is -0.450. The lowest BCUT2D eigenvalue weighted by Gasteiger charge is -2.41. The van der Waals surface area contributed by atoms with Gasteiger partial charge in [0, 0.05) is 18.5 Å². The van der Waals surface area contributed by atoms with Gasteiger partial charge in [-0.1, -0.05) is 13.8 Å². The van der Waals surface area contributed by atoms with E-state index in [0.717, 1.165) is 5.92 Å². The maximum Gasteiger partial charge on any atom is 0.113 e. The van der Waals surface area contributed by atoms with Crippen LogP contribution in [0.2, 0.25) is 0 Å². The molecule has 3 heterocycles. The molecule has 0 aliphatic carbocycles. The van der Waals surface area contributed by atoms with Crippen LogP contribution in [0.5, 0.6) is 0 Å². The normalized spacial score (nSPS) is 35.3. The predicted molar refractivity (Wildman–Crippen MR) is 76.1 cm³/mol. The zero-order valence-corrected chi connectivity index (χ0v) is 12.4. The van der Waals surface area contributed by atoms with Gasteiger partial charge in [0.2, 0.25) is 0 Å². The Morgan fingerprint density at radius 2 is 2.33 bits per heavy atom. The third-order valence-corrected chi connectivity index (χ3v) is 5.77. The van der Waals surface area contributed by atoms with Gasteiger partial charge in [-0.2, -0.15) is 0 Å². The van der Waals surface area contributed by atoms with Gasteiger partial charge in [0.15, 0.2) is 0 Å². The lowest BCUT2D eigenvalue weighted by Crippen LogP contribution is -2.52. The van der Waals surface area contributed by atoms with Gasteiger partial charge in [0.1, 0.15) is 5.01 Å². The van der Waals surface area contributed by atoms with Crippen LogP contribution in [-0.2, 0) is 5.54 Å². The molecule has 2 bridgehead atoms. The van der Waals surface area contributed by atoms with Crippen molar-refractivity contribution in [3.8, 4) is 0 Å². The highest BCUT2D eigenvalue weighted by molar-refractivity contribution is 7.09. The lowest BCUT2D eigenvalue weighted by molar-refractivity contribution is 0.138. The smallest absolute Gasteiger partial charge is 0.113 e. The van der Waals surface area contributed by atoms with Crippen LogP contribution in [0.1, 0.15) is 43.3 Å². The van der Waals surface area contributed by atoms with Crippen molar-refractivity contribution in [2.24, 2.45) is 5.92 Å². The molecule has 0 spiro atoms. The second kappa shape index (κ2) is 4.58. The second-order valence-corrected chi connectivity index (χ2v) is 6.85. The number of piperidine rings is 1. The first-order valence-corrected chi connectivity index (χ1v) is 7.91. The van der Waals surface area contributed by atoms with Gasteiger partial charge in [0.05, 0.1) is 11.2 Å². The van der Waals surface area contributed by atoms with Gasteiger partial charge in [-0.3, -0.25) is 0 Å². The summed E-state index contributed by atoms with van der Waals surface area (Å²) >= 11 is 1.85. The topological polar surface area (TPSA) is 28.2 Å². The molecule has 4 heteroatoms. The highest BCUT2D eigenvalue weighted by Gasteiger charge is 2.48. The Labute approximate surface area is 114 Å². The van der Waals surface area contributed by atoms with E-state index in [-0.39, 0.29) is 5.54 Å². The van der Waals surface area contributed by atoms with E-state index in [0.29, 0.717) is 5.92 Å². The molecular weight excluding hydrogens is 242 g/mol. The van der Waals surface area contributed by atoms with Gasteiger partial charge in [-0.15, -0.1) is 11.3 Å². The predicted octanol–water partition coefficient (Wildman–Crippen LogP) is 2.41. The standard InChI is InChI=1S/C14H23N3S/c1-10(2)12-9-18-13(16-12)14(15-3)5-7-17-6-4-11(14)8-17/h9-11,15H,4-8H2,1-3H3. The number of fused-ring (bicyclic) bond motifs is 2. The molecule has 2 aliphatic rings. The molecule has 3 nitrogen and oxygen atoms in total. The summed E-state index contributed by atoms with van der Waals surface area (Å²) < 4.78 is 0. The molecule has 0 saturated carbocycles. The molecule has 100 valence electrons. The van der Waals surface area contributed by atoms with Gasteiger partial charge in [-0.25, -0.2) is 4.98 Å². The molecule has 2 fully saturated rings. The summed E-state index contributed by atoms with van der Waals surface area (Å²) in [5, 5.41) is 7.20. The summed E-state index contributed by atoms with van der Waals surface area (Å²) in [7, 11) is 2.12. The third kappa shape index (κ3) is 1.82. The molecular formula is C14H23N3S. The lowest BCUT2D eigenvalue weighted by atomic mass is 9.79. The third-order valence-electron chi connectivity index (χ3n) is 4.73. The molecule has 0 amide bonds. The van der Waals surface area contributed by atoms with E-state index >= 15 is 0 Å². The summed E-state index contributed by atoms with van der Waals surface area (Å²) in [5.41, 5.74) is 1.40. The molecule has 1 N–H and O–H groups in total. The molecule has 3 unspecified atom stereocenters. The van der Waals surface area contributed by atoms with Gasteiger partial charge in [0.25, 0.3) is 0 Å². The Balaban J connectivity index is 1.94. The van der Waals surface area contributed by atoms with Crippen LogP contribution in [0.15, 0.2) is 5.38 Å². The minimum atomic E-state index is 0.144. The average Bonchev–Trinajstić information content (AvgIpc) is 2.99. The number of nitrogens with zero attached hydrogens (tertiary/aromatic N) is 2. The van der Waals surface area contributed by atoms with E-state index in [1.165, 1.54) is 43.2 Å². The van der Waals surface area contributed by atoms with E-state index < -0.39 is 0 Å². The fraction of sp³-hybridized carbons (Fsp3) is 0.786. The molecule has 3 atom stereocenters. The molecule has 1 aromatic rings. The summed E-state index contributed by atoms with van der Waals surface area (Å²) in [4.78, 5) is 7.53. The molecule has 0 aromatic carbocycles. The van der Waals surface area contributed by atoms with Gasteiger partial charge >= 0.3 is 0 Å². The van der Waals surface area contributed by atoms with E-state index in [9.17, 15) is 0 Å². The van der Waals surface area contributed by atoms with Crippen molar-refractivity contribution in [1.82, 2.24) is 15.2 Å². The Morgan fingerprint density at radius 1 is 1.50 bits per heavy atom. The summed E-state index contributed by atoms with van der Waals surface area (Å²) in [6.45, 7) is 8.19. The minimum Gasteiger partial charge on any atom is -0.308 e. The number of rotatable bonds is 3. The van der Waals surface area contributed by atoms with Crippen LogP contribution >= 0.6 is 11.3 Å². The number of nitrogens with one attached hydrogen (secondary N) is 1. The van der Waals surface area contributed by atoms with Crippen molar-refractivity contribution in [3.05, 3.63) is 16.1 Å². The largest absolute Gasteiger partial charge is 0.308 e. The van der Waals surface area contributed by atoms with Crippen molar-refractivity contribution in [1.29, 1.82) is 0 Å². The fourth-order valence-corrected chi connectivity index (χ4v) is 4.75. The average molecular weight is 265 g/mol. The zero-order chi connectivity index (χ0) is 12.8. The summed E-state index contributed by atoms with van der Waals surface area (Å²) in [6, 6.07) is 0. The zero-order valence-electron chi connectivity index (χ0n) is 11.6. The van der Waals surface area contributed by atoms with Crippen molar-refractivity contribution >= 4 is 11.3 Å². The van der Waals surface area contributed by atoms with Crippen LogP contribution in [0.25, 0.3) is 0 Å². The van der Waals surface area contributed by atoms with E-state index in [1.54, 1.807) is 0 Å². The number of hydrogen-bond donors (Lipinski definition) is 1. The Bertz CT molecular complexity index is 428. The number of hydrogen-bond acceptors (Lipinski definition) is 4. The van der Waals surface area contributed by atoms with Crippen LogP contribution in [0.3, 0.4) is 0 Å². The Kier molecular flexibility index (Phi) is 3.20. The molecule has 0 radical (unpaired) electrons. The number of thiazole rings is 1. The SMILES string of the molecule is CNC1(c2nc(C(C)C)cs2)CCN2CCC1C2. The van der Waals surface area contributed by atoms with E-state index in [2.05, 4.69) is 36.5 Å². The molecule has 2 saturated heterocycles. The second-order valence-electron chi connectivity index (χ2n) is 5.99. The highest BCUT2D eigenvalue weighted by atomic mass is 32.1. The molecule has 1 aromatic heterocycles. The number of aromatic nitrogens is 1. The maximum absolute atomic E-state index is 4.93. The molecule has 18 heavy (non-hydrogen) atoms. The van der Waals surface area contributed by atoms with Gasteiger partial charge in [-0.05, 0) is 38.3 Å². The summed E-state index contributed by atoms with van der Waals surface area (Å²) in [6.07, 6.45) is 2.52. The van der Waals surface area contributed by atoms with Gasteiger partial charge < -0.3 is 10.2 Å². The quantitative estimate of drug-likeness (QED) is 0.909. The Morgan fingerprint density at radius 3 is 3.00 bits per heavy atom. The van der Waals surface area contributed by atoms with Crippen LogP contribution in [0, 0.1) is 5.92 Å². The van der Waals surface area contributed by atoms with Crippen molar-refractivity contribution in [2.75, 3.05) is 26.7 Å². The monoisotopic (exact) mass is 265 g/mol. The fourth-order valence-electron chi connectivity index (χ4n) is 3.45. The first-order valence-electron chi connectivity index (χ1n) is 7.03. The van der Waals surface area contributed by atoms with Crippen LogP contribution in [-0.4, -0.2) is 36.6 Å². The van der Waals surface area contributed by atoms with Crippen LogP contribution in [0.4, 0.5) is 0 Å². The van der Waals surface area contributed by atoms with Crippen LogP contribution < -0.4 is 5.32 Å². The van der Waals surface area contributed by atoms with Crippen molar-refractivity contribution < 1.29 is 0 Å². The highest BCUT2D eigenvalue weighted by Crippen LogP contribution is 2.43. The molecule has 3 rings (SSSR count). The summed E-state index contributed by atoms with van der Waals surface area (Å²) in [5.74, 6) is 1.27. The minimum absolute atomic E-state index is 0.144. The van der Waals surface area contributed by atoms with Crippen molar-refractivity contribution in [3.63, 3.8) is 0 Å². The van der Waals surface area contributed by atoms with Crippen molar-refractivity contribution in [2.45, 2.75) is 38.1 Å². The first kappa shape index (κ1) is 12.6.